The van der Waals surface area contributed by atoms with E-state index in [1.165, 1.54) is 18.2 Å². The first-order valence-electron chi connectivity index (χ1n) is 11.9. The van der Waals surface area contributed by atoms with Crippen LogP contribution < -0.4 is 15.5 Å². The third-order valence-corrected chi connectivity index (χ3v) is 6.19. The normalized spacial score (nSPS) is 13.2. The second kappa shape index (κ2) is 11.7. The number of benzene rings is 2. The maximum absolute atomic E-state index is 12.6. The second-order valence-electron chi connectivity index (χ2n) is 8.54. The lowest BCUT2D eigenvalue weighted by Gasteiger charge is -2.36. The summed E-state index contributed by atoms with van der Waals surface area (Å²) in [6, 6.07) is 16.7. The number of hydrogen-bond donors (Lipinski definition) is 2. The molecule has 0 aliphatic carbocycles. The van der Waals surface area contributed by atoms with Gasteiger partial charge >= 0.3 is 0 Å². The number of thiocarbonyl (C=S) groups is 1. The fraction of sp³-hybridized carbons (Fsp3) is 0.269. The number of carbonyl (C=O) groups excluding carboxylic acids is 2. The number of anilines is 2. The van der Waals surface area contributed by atoms with Crippen molar-refractivity contribution >= 4 is 46.2 Å². The fourth-order valence-electron chi connectivity index (χ4n) is 4.06. The van der Waals surface area contributed by atoms with Gasteiger partial charge in [0.1, 0.15) is 5.76 Å². The quantitative estimate of drug-likeness (QED) is 0.266. The van der Waals surface area contributed by atoms with Crippen molar-refractivity contribution in [3.63, 3.8) is 0 Å². The van der Waals surface area contributed by atoms with Crippen LogP contribution in [-0.2, 0) is 4.79 Å². The number of carbonyl (C=O) groups is 2. The minimum Gasteiger partial charge on any atom is -0.451 e. The van der Waals surface area contributed by atoms with Gasteiger partial charge in [-0.3, -0.25) is 25.0 Å². The number of nitro benzene ring substituents is 1. The van der Waals surface area contributed by atoms with Gasteiger partial charge in [0.25, 0.3) is 11.6 Å². The predicted molar refractivity (Wildman–Crippen MR) is 145 cm³/mol. The van der Waals surface area contributed by atoms with Crippen molar-refractivity contribution in [3.05, 3.63) is 76.5 Å². The van der Waals surface area contributed by atoms with Crippen molar-refractivity contribution in [3.8, 4) is 11.3 Å². The maximum Gasteiger partial charge on any atom is 0.293 e. The molecule has 10 nitrogen and oxygen atoms in total. The van der Waals surface area contributed by atoms with E-state index in [9.17, 15) is 19.7 Å². The molecule has 2 N–H and O–H groups in total. The molecule has 0 spiro atoms. The molecule has 192 valence electrons. The van der Waals surface area contributed by atoms with Gasteiger partial charge in [0, 0.05) is 61.7 Å². The van der Waals surface area contributed by atoms with Gasteiger partial charge in [0.2, 0.25) is 5.91 Å². The Kier molecular flexibility index (Phi) is 8.14. The largest absolute Gasteiger partial charge is 0.451 e. The first-order chi connectivity index (χ1) is 17.8. The zero-order valence-corrected chi connectivity index (χ0v) is 21.1. The zero-order valence-electron chi connectivity index (χ0n) is 20.3. The van der Waals surface area contributed by atoms with E-state index >= 15 is 0 Å². The van der Waals surface area contributed by atoms with E-state index in [4.69, 9.17) is 16.6 Å². The molecule has 1 fully saturated rings. The molecule has 2 amide bonds. The van der Waals surface area contributed by atoms with Crippen molar-refractivity contribution in [2.24, 2.45) is 0 Å². The molecule has 1 aliphatic rings. The van der Waals surface area contributed by atoms with Crippen LogP contribution >= 0.6 is 12.2 Å². The van der Waals surface area contributed by atoms with Gasteiger partial charge in [0.15, 0.2) is 10.9 Å². The van der Waals surface area contributed by atoms with Crippen LogP contribution in [0.1, 0.15) is 30.3 Å². The van der Waals surface area contributed by atoms with Crippen molar-refractivity contribution in [2.45, 2.75) is 19.8 Å². The summed E-state index contributed by atoms with van der Waals surface area (Å²) in [6.45, 7) is 4.99. The molecule has 2 aromatic carbocycles. The standard InChI is InChI=1S/C26H27N5O5S/c1-2-4-24(32)30-15-13-29(14-16-30)20-9-7-19(8-10-20)27-26(37)28-25(33)23-12-11-22(36-23)18-5-3-6-21(17-18)31(34)35/h3,5-12,17H,2,4,13-16H2,1H3,(H2,27,28,33,37). The number of nitrogens with zero attached hydrogens (tertiary/aromatic N) is 3. The SMILES string of the molecule is CCCC(=O)N1CCN(c2ccc(NC(=S)NC(=O)c3ccc(-c4cccc([N+](=O)[O-])c4)o3)cc2)CC1. The van der Waals surface area contributed by atoms with Crippen LogP contribution in [0.2, 0.25) is 0 Å². The van der Waals surface area contributed by atoms with Crippen LogP contribution in [0.4, 0.5) is 17.1 Å². The van der Waals surface area contributed by atoms with Crippen LogP contribution in [0, 0.1) is 10.1 Å². The molecular weight excluding hydrogens is 494 g/mol. The molecule has 1 aromatic heterocycles. The Hall–Kier alpha value is -4.25. The van der Waals surface area contributed by atoms with Gasteiger partial charge in [-0.2, -0.15) is 0 Å². The van der Waals surface area contributed by atoms with Crippen LogP contribution in [0.15, 0.2) is 65.1 Å². The number of nitro groups is 1. The summed E-state index contributed by atoms with van der Waals surface area (Å²) in [4.78, 5) is 39.3. The third-order valence-electron chi connectivity index (χ3n) is 5.98. The highest BCUT2D eigenvalue weighted by Gasteiger charge is 2.21. The summed E-state index contributed by atoms with van der Waals surface area (Å²) in [7, 11) is 0. The molecule has 2 heterocycles. The van der Waals surface area contributed by atoms with Gasteiger partial charge in [-0.1, -0.05) is 19.1 Å². The smallest absolute Gasteiger partial charge is 0.293 e. The van der Waals surface area contributed by atoms with Gasteiger partial charge < -0.3 is 19.5 Å². The lowest BCUT2D eigenvalue weighted by molar-refractivity contribution is -0.384. The van der Waals surface area contributed by atoms with E-state index in [0.717, 1.165) is 25.2 Å². The molecule has 3 aromatic rings. The molecular formula is C26H27N5O5S. The van der Waals surface area contributed by atoms with Crippen molar-refractivity contribution in [2.75, 3.05) is 36.4 Å². The first-order valence-corrected chi connectivity index (χ1v) is 12.3. The molecule has 1 aliphatic heterocycles. The summed E-state index contributed by atoms with van der Waals surface area (Å²) in [6.07, 6.45) is 1.45. The number of piperazine rings is 1. The van der Waals surface area contributed by atoms with Crippen LogP contribution in [-0.4, -0.2) is 52.9 Å². The molecule has 0 atom stereocenters. The molecule has 37 heavy (non-hydrogen) atoms. The molecule has 0 saturated carbocycles. The molecule has 4 rings (SSSR count). The van der Waals surface area contributed by atoms with Crippen LogP contribution in [0.5, 0.6) is 0 Å². The van der Waals surface area contributed by atoms with Crippen LogP contribution in [0.25, 0.3) is 11.3 Å². The number of rotatable bonds is 7. The Bertz CT molecular complexity index is 1300. The van der Waals surface area contributed by atoms with E-state index in [-0.39, 0.29) is 22.5 Å². The average Bonchev–Trinajstić information content (AvgIpc) is 3.40. The van der Waals surface area contributed by atoms with Crippen molar-refractivity contribution in [1.82, 2.24) is 10.2 Å². The molecule has 0 radical (unpaired) electrons. The lowest BCUT2D eigenvalue weighted by Crippen LogP contribution is -2.48. The highest BCUT2D eigenvalue weighted by atomic mass is 32.1. The Morgan fingerprint density at radius 3 is 2.46 bits per heavy atom. The topological polar surface area (TPSA) is 121 Å². The Labute approximate surface area is 219 Å². The summed E-state index contributed by atoms with van der Waals surface area (Å²) in [5, 5.41) is 16.7. The van der Waals surface area contributed by atoms with E-state index in [1.54, 1.807) is 18.2 Å². The van der Waals surface area contributed by atoms with E-state index in [1.807, 2.05) is 36.1 Å². The zero-order chi connectivity index (χ0) is 26.4. The summed E-state index contributed by atoms with van der Waals surface area (Å²) in [5.74, 6) is 0.0322. The van der Waals surface area contributed by atoms with Gasteiger partial charge in [-0.05, 0) is 55.0 Å². The van der Waals surface area contributed by atoms with Crippen molar-refractivity contribution < 1.29 is 18.9 Å². The summed E-state index contributed by atoms with van der Waals surface area (Å²) < 4.78 is 5.58. The lowest BCUT2D eigenvalue weighted by atomic mass is 10.1. The molecule has 1 saturated heterocycles. The molecule has 0 unspecified atom stereocenters. The van der Waals surface area contributed by atoms with Crippen LogP contribution in [0.3, 0.4) is 0 Å². The van der Waals surface area contributed by atoms with Crippen molar-refractivity contribution in [1.29, 1.82) is 0 Å². The number of non-ortho nitro benzene ring substituents is 1. The Balaban J connectivity index is 1.29. The Morgan fingerprint density at radius 1 is 1.05 bits per heavy atom. The number of amides is 2. The first kappa shape index (κ1) is 25.8. The number of nitrogens with one attached hydrogen (secondary N) is 2. The van der Waals surface area contributed by atoms with Gasteiger partial charge in [-0.25, -0.2) is 0 Å². The predicted octanol–water partition coefficient (Wildman–Crippen LogP) is 4.43. The molecule has 11 heteroatoms. The summed E-state index contributed by atoms with van der Waals surface area (Å²) >= 11 is 5.27. The maximum atomic E-state index is 12.6. The van der Waals surface area contributed by atoms with E-state index in [2.05, 4.69) is 15.5 Å². The van der Waals surface area contributed by atoms with E-state index < -0.39 is 10.8 Å². The monoisotopic (exact) mass is 521 g/mol. The third kappa shape index (κ3) is 6.50. The van der Waals surface area contributed by atoms with E-state index in [0.29, 0.717) is 36.5 Å². The number of furan rings is 1. The molecule has 0 bridgehead atoms. The summed E-state index contributed by atoms with van der Waals surface area (Å²) in [5.41, 5.74) is 2.18. The minimum atomic E-state index is -0.540. The highest BCUT2D eigenvalue weighted by molar-refractivity contribution is 7.80. The highest BCUT2D eigenvalue weighted by Crippen LogP contribution is 2.26. The number of hydrogen-bond acceptors (Lipinski definition) is 7. The fourth-order valence-corrected chi connectivity index (χ4v) is 4.27. The Morgan fingerprint density at radius 2 is 1.78 bits per heavy atom. The minimum absolute atomic E-state index is 0.0255. The van der Waals surface area contributed by atoms with Gasteiger partial charge in [-0.15, -0.1) is 0 Å². The average molecular weight is 522 g/mol. The van der Waals surface area contributed by atoms with Gasteiger partial charge in [0.05, 0.1) is 4.92 Å². The second-order valence-corrected chi connectivity index (χ2v) is 8.95.